The molecule has 0 aliphatic carbocycles. The summed E-state index contributed by atoms with van der Waals surface area (Å²) in [6, 6.07) is 24.4. The highest BCUT2D eigenvalue weighted by molar-refractivity contribution is 5.90. The molecule has 1 N–H and O–H groups in total. The Morgan fingerprint density at radius 2 is 1.52 bits per heavy atom. The number of nitrogens with zero attached hydrogens (tertiary/aromatic N) is 2. The van der Waals surface area contributed by atoms with Gasteiger partial charge in [-0.25, -0.2) is 4.79 Å². The Bertz CT molecular complexity index is 1370. The molecule has 0 aliphatic rings. The minimum atomic E-state index is -0.900. The summed E-state index contributed by atoms with van der Waals surface area (Å²) >= 11 is 0. The summed E-state index contributed by atoms with van der Waals surface area (Å²) in [6.07, 6.45) is 4.14. The lowest BCUT2D eigenvalue weighted by molar-refractivity contribution is 0.0696. The predicted octanol–water partition coefficient (Wildman–Crippen LogP) is 5.55. The number of rotatable bonds is 4. The van der Waals surface area contributed by atoms with Gasteiger partial charge in [-0.15, -0.1) is 0 Å². The Morgan fingerprint density at radius 3 is 2.28 bits per heavy atom. The predicted molar refractivity (Wildman–Crippen MR) is 116 cm³/mol. The van der Waals surface area contributed by atoms with E-state index in [1.807, 2.05) is 6.07 Å². The first-order chi connectivity index (χ1) is 14.1. The zero-order chi connectivity index (χ0) is 20.0. The van der Waals surface area contributed by atoms with Crippen molar-refractivity contribution in [1.82, 2.24) is 9.13 Å². The van der Waals surface area contributed by atoms with Crippen LogP contribution in [0.25, 0.3) is 32.9 Å². The zero-order valence-corrected chi connectivity index (χ0v) is 16.0. The zero-order valence-electron chi connectivity index (χ0n) is 16.0. The molecule has 0 spiro atoms. The fourth-order valence-electron chi connectivity index (χ4n) is 3.94. The van der Waals surface area contributed by atoms with E-state index in [9.17, 15) is 9.90 Å². The lowest BCUT2D eigenvalue weighted by atomic mass is 10.0. The number of carbonyl (C=O) groups is 1. The number of hydrogen-bond donors (Lipinski definition) is 1. The monoisotopic (exact) mass is 380 g/mol. The van der Waals surface area contributed by atoms with Gasteiger partial charge in [-0.3, -0.25) is 0 Å². The first-order valence-electron chi connectivity index (χ1n) is 9.55. The summed E-state index contributed by atoms with van der Waals surface area (Å²) < 4.78 is 4.30. The van der Waals surface area contributed by atoms with Gasteiger partial charge in [0, 0.05) is 37.0 Å². The van der Waals surface area contributed by atoms with Crippen molar-refractivity contribution in [1.29, 1.82) is 0 Å². The van der Waals surface area contributed by atoms with E-state index in [0.29, 0.717) is 12.1 Å². The fourth-order valence-corrected chi connectivity index (χ4v) is 3.94. The van der Waals surface area contributed by atoms with E-state index in [2.05, 4.69) is 77.1 Å². The molecule has 3 aromatic carbocycles. The summed E-state index contributed by atoms with van der Waals surface area (Å²) in [7, 11) is 2.06. The van der Waals surface area contributed by atoms with E-state index < -0.39 is 5.97 Å². The minimum Gasteiger partial charge on any atom is -0.478 e. The third-order valence-corrected chi connectivity index (χ3v) is 5.52. The first kappa shape index (κ1) is 17.3. The van der Waals surface area contributed by atoms with Crippen LogP contribution in [0, 0.1) is 0 Å². The maximum Gasteiger partial charge on any atom is 0.335 e. The van der Waals surface area contributed by atoms with Gasteiger partial charge in [0.05, 0.1) is 5.56 Å². The van der Waals surface area contributed by atoms with Gasteiger partial charge in [-0.1, -0.05) is 36.4 Å². The average molecular weight is 380 g/mol. The van der Waals surface area contributed by atoms with Crippen LogP contribution in [0.1, 0.15) is 15.9 Å². The number of hydrogen-bond acceptors (Lipinski definition) is 1. The van der Waals surface area contributed by atoms with Crippen LogP contribution in [-0.4, -0.2) is 20.2 Å². The Labute approximate surface area is 168 Å². The summed E-state index contributed by atoms with van der Waals surface area (Å²) in [5.41, 5.74) is 5.98. The van der Waals surface area contributed by atoms with Crippen molar-refractivity contribution in [2.24, 2.45) is 7.05 Å². The molecule has 0 unspecified atom stereocenters. The van der Waals surface area contributed by atoms with E-state index in [1.165, 1.54) is 27.4 Å². The smallest absolute Gasteiger partial charge is 0.335 e. The molecule has 0 fully saturated rings. The molecule has 0 atom stereocenters. The van der Waals surface area contributed by atoms with Gasteiger partial charge in [0.1, 0.15) is 0 Å². The second-order valence-corrected chi connectivity index (χ2v) is 7.42. The summed E-state index contributed by atoms with van der Waals surface area (Å²) in [4.78, 5) is 11.3. The largest absolute Gasteiger partial charge is 0.478 e. The third kappa shape index (κ3) is 3.09. The van der Waals surface area contributed by atoms with Crippen molar-refractivity contribution in [3.63, 3.8) is 0 Å². The topological polar surface area (TPSA) is 47.2 Å². The molecule has 0 bridgehead atoms. The average Bonchev–Trinajstić information content (AvgIpc) is 3.31. The number of fused-ring (bicyclic) bond motifs is 2. The number of aromatic carboxylic acids is 1. The van der Waals surface area contributed by atoms with Crippen LogP contribution in [0.2, 0.25) is 0 Å². The second-order valence-electron chi connectivity index (χ2n) is 7.42. The number of aryl methyl sites for hydroxylation is 1. The van der Waals surface area contributed by atoms with Crippen LogP contribution in [0.15, 0.2) is 85.2 Å². The Balaban J connectivity index is 1.55. The van der Waals surface area contributed by atoms with E-state index >= 15 is 0 Å². The maximum absolute atomic E-state index is 11.3. The molecule has 0 saturated heterocycles. The normalized spacial score (nSPS) is 11.3. The maximum atomic E-state index is 11.3. The standard InChI is InChI=1S/C25H20N2O2/c1-26-11-9-18-5-7-20(14-23(18)26)21-8-6-19-10-12-27(24(19)15-21)16-17-3-2-4-22(13-17)25(28)29/h2-15H,16H2,1H3,(H,28,29). The van der Waals surface area contributed by atoms with E-state index in [1.54, 1.807) is 18.2 Å². The molecule has 0 saturated carbocycles. The van der Waals surface area contributed by atoms with Crippen LogP contribution < -0.4 is 0 Å². The molecular formula is C25H20N2O2. The molecule has 4 heteroatoms. The highest BCUT2D eigenvalue weighted by Gasteiger charge is 2.08. The third-order valence-electron chi connectivity index (χ3n) is 5.52. The Kier molecular flexibility index (Phi) is 3.98. The van der Waals surface area contributed by atoms with Gasteiger partial charge >= 0.3 is 5.97 Å². The SMILES string of the molecule is Cn1ccc2ccc(-c3ccc4ccn(Cc5cccc(C(=O)O)c5)c4c3)cc21. The quantitative estimate of drug-likeness (QED) is 0.444. The van der Waals surface area contributed by atoms with Crippen LogP contribution in [0.4, 0.5) is 0 Å². The van der Waals surface area contributed by atoms with E-state index in [4.69, 9.17) is 0 Å². The van der Waals surface area contributed by atoms with Gasteiger partial charge in [-0.05, 0) is 63.9 Å². The number of carboxylic acid groups (broad SMARTS) is 1. The molecule has 29 heavy (non-hydrogen) atoms. The van der Waals surface area contributed by atoms with Crippen molar-refractivity contribution >= 4 is 27.8 Å². The molecule has 0 radical (unpaired) electrons. The van der Waals surface area contributed by atoms with Crippen LogP contribution in [-0.2, 0) is 13.6 Å². The molecule has 0 aliphatic heterocycles. The van der Waals surface area contributed by atoms with Gasteiger partial charge < -0.3 is 14.2 Å². The number of benzene rings is 3. The van der Waals surface area contributed by atoms with E-state index in [-0.39, 0.29) is 0 Å². The van der Waals surface area contributed by atoms with Crippen LogP contribution in [0.5, 0.6) is 0 Å². The number of carboxylic acids is 1. The molecule has 5 aromatic rings. The Hall–Kier alpha value is -3.79. The first-order valence-corrected chi connectivity index (χ1v) is 9.55. The summed E-state index contributed by atoms with van der Waals surface area (Å²) in [6.45, 7) is 0.630. The molecule has 2 heterocycles. The van der Waals surface area contributed by atoms with Gasteiger partial charge in [0.25, 0.3) is 0 Å². The van der Waals surface area contributed by atoms with Gasteiger partial charge in [-0.2, -0.15) is 0 Å². The lowest BCUT2D eigenvalue weighted by Gasteiger charge is -2.09. The van der Waals surface area contributed by atoms with Crippen LogP contribution >= 0.6 is 0 Å². The second kappa shape index (κ2) is 6.67. The highest BCUT2D eigenvalue weighted by atomic mass is 16.4. The highest BCUT2D eigenvalue weighted by Crippen LogP contribution is 2.28. The molecule has 5 rings (SSSR count). The van der Waals surface area contributed by atoms with Crippen LogP contribution in [0.3, 0.4) is 0 Å². The molecule has 142 valence electrons. The lowest BCUT2D eigenvalue weighted by Crippen LogP contribution is -2.01. The summed E-state index contributed by atoms with van der Waals surface area (Å²) in [5.74, 6) is -0.900. The van der Waals surface area contributed by atoms with Crippen molar-refractivity contribution in [2.75, 3.05) is 0 Å². The fraction of sp³-hybridized carbons (Fsp3) is 0.0800. The van der Waals surface area contributed by atoms with Gasteiger partial charge in [0.15, 0.2) is 0 Å². The van der Waals surface area contributed by atoms with Crippen molar-refractivity contribution in [3.8, 4) is 11.1 Å². The van der Waals surface area contributed by atoms with Gasteiger partial charge in [0.2, 0.25) is 0 Å². The molecular weight excluding hydrogens is 360 g/mol. The van der Waals surface area contributed by atoms with Crippen molar-refractivity contribution in [2.45, 2.75) is 6.54 Å². The molecule has 0 amide bonds. The van der Waals surface area contributed by atoms with E-state index in [0.717, 1.165) is 11.1 Å². The minimum absolute atomic E-state index is 0.315. The molecule has 2 aromatic heterocycles. The molecule has 4 nitrogen and oxygen atoms in total. The summed E-state index contributed by atoms with van der Waals surface area (Å²) in [5, 5.41) is 11.6. The number of aromatic nitrogens is 2. The Morgan fingerprint density at radius 1 is 0.828 bits per heavy atom. The van der Waals surface area contributed by atoms with Crippen molar-refractivity contribution in [3.05, 3.63) is 96.3 Å². The van der Waals surface area contributed by atoms with Crippen molar-refractivity contribution < 1.29 is 9.90 Å².